The zero-order chi connectivity index (χ0) is 44.4. The highest BCUT2D eigenvalue weighted by atomic mass is 19.3. The van der Waals surface area contributed by atoms with Crippen LogP contribution in [0.15, 0.2) is 54.9 Å². The van der Waals surface area contributed by atoms with E-state index in [0.717, 1.165) is 27.1 Å². The van der Waals surface area contributed by atoms with Gasteiger partial charge in [0.25, 0.3) is 17.7 Å². The summed E-state index contributed by atoms with van der Waals surface area (Å²) < 4.78 is 64.2. The normalized spacial score (nSPS) is 18.7. The first kappa shape index (κ1) is 41.7. The summed E-state index contributed by atoms with van der Waals surface area (Å²) in [5.74, 6) is -6.02. The molecule has 5 amide bonds. The van der Waals surface area contributed by atoms with Crippen LogP contribution in [0.3, 0.4) is 0 Å². The van der Waals surface area contributed by atoms with Crippen molar-refractivity contribution in [3.8, 4) is 11.3 Å². The Morgan fingerprint density at radius 2 is 1.67 bits per heavy atom. The second kappa shape index (κ2) is 15.9. The van der Waals surface area contributed by atoms with Crippen LogP contribution in [-0.2, 0) is 17.8 Å². The molecule has 0 atom stereocenters. The number of imidazole rings is 1. The SMILES string of the molecule is C1CC1.CNc1cc(N2CCc3c(-c4ncc(CN5CC6(CCN(C(=O)c7cc(F)c(C)c(N8CCC(=O)NC8=O)c7)CC6(F)F)C5)cc4F)cccc32)nn2c(C(N)=O)cnc12. The second-order valence-corrected chi connectivity index (χ2v) is 16.8. The summed E-state index contributed by atoms with van der Waals surface area (Å²) in [5.41, 5.74) is 8.29. The highest BCUT2D eigenvalue weighted by Gasteiger charge is 2.62. The van der Waals surface area contributed by atoms with Gasteiger partial charge in [0.15, 0.2) is 11.5 Å². The lowest BCUT2D eigenvalue weighted by atomic mass is 9.69. The molecule has 0 unspecified atom stereocenters. The summed E-state index contributed by atoms with van der Waals surface area (Å²) in [6.45, 7) is 1.31. The minimum Gasteiger partial charge on any atom is -0.385 e. The molecule has 7 heterocycles. The third-order valence-electron chi connectivity index (χ3n) is 12.5. The van der Waals surface area contributed by atoms with E-state index in [0.29, 0.717) is 41.2 Å². The van der Waals surface area contributed by atoms with Crippen molar-refractivity contribution in [1.82, 2.24) is 34.7 Å². The molecule has 63 heavy (non-hydrogen) atoms. The largest absolute Gasteiger partial charge is 0.385 e. The fraction of sp³-hybridized carbons (Fsp3) is 0.386. The molecule has 10 rings (SSSR count). The van der Waals surface area contributed by atoms with E-state index in [4.69, 9.17) is 5.73 Å². The van der Waals surface area contributed by atoms with E-state index in [1.165, 1.54) is 49.0 Å². The van der Waals surface area contributed by atoms with Gasteiger partial charge in [-0.2, -0.15) is 0 Å². The van der Waals surface area contributed by atoms with Crippen LogP contribution < -0.4 is 26.2 Å². The van der Waals surface area contributed by atoms with Crippen molar-refractivity contribution >= 4 is 52.3 Å². The summed E-state index contributed by atoms with van der Waals surface area (Å²) in [4.78, 5) is 64.4. The van der Waals surface area contributed by atoms with E-state index in [-0.39, 0.29) is 73.8 Å². The molecular weight excluding hydrogens is 823 g/mol. The Morgan fingerprint density at radius 1 is 0.905 bits per heavy atom. The van der Waals surface area contributed by atoms with E-state index in [2.05, 4.69) is 25.7 Å². The lowest BCUT2D eigenvalue weighted by Gasteiger charge is -2.57. The van der Waals surface area contributed by atoms with Crippen LogP contribution in [0.5, 0.6) is 0 Å². The fourth-order valence-electron chi connectivity index (χ4n) is 8.90. The van der Waals surface area contributed by atoms with Gasteiger partial charge < -0.3 is 20.9 Å². The van der Waals surface area contributed by atoms with Crippen molar-refractivity contribution in [3.63, 3.8) is 0 Å². The third-order valence-corrected chi connectivity index (χ3v) is 12.5. The van der Waals surface area contributed by atoms with Crippen LogP contribution >= 0.6 is 0 Å². The van der Waals surface area contributed by atoms with Crippen LogP contribution in [0, 0.1) is 24.0 Å². The molecule has 5 aliphatic rings. The maximum absolute atomic E-state index is 15.9. The van der Waals surface area contributed by atoms with Crippen LogP contribution in [0.2, 0.25) is 0 Å². The molecule has 1 spiro atoms. The number of urea groups is 1. The van der Waals surface area contributed by atoms with Crippen molar-refractivity contribution in [1.29, 1.82) is 0 Å². The number of halogens is 4. The number of carbonyl (C=O) groups is 4. The van der Waals surface area contributed by atoms with E-state index >= 15 is 17.6 Å². The van der Waals surface area contributed by atoms with Gasteiger partial charge in [0, 0.05) is 87.4 Å². The van der Waals surface area contributed by atoms with E-state index in [9.17, 15) is 19.2 Å². The number of aromatic nitrogens is 4. The number of hydrogen-bond acceptors (Lipinski definition) is 10. The Hall–Kier alpha value is -6.63. The Labute approximate surface area is 359 Å². The number of amides is 5. The molecular formula is C44H45F4N11O4. The first-order valence-electron chi connectivity index (χ1n) is 20.9. The Kier molecular flexibility index (Phi) is 10.5. The lowest BCUT2D eigenvalue weighted by molar-refractivity contribution is -0.220. The molecule has 4 N–H and O–H groups in total. The number of imide groups is 1. The minimum atomic E-state index is -3.27. The smallest absolute Gasteiger partial charge is 0.328 e. The second-order valence-electron chi connectivity index (χ2n) is 16.8. The number of nitrogens with one attached hydrogen (secondary N) is 2. The monoisotopic (exact) mass is 867 g/mol. The quantitative estimate of drug-likeness (QED) is 0.162. The van der Waals surface area contributed by atoms with Gasteiger partial charge in [-0.05, 0) is 55.2 Å². The molecule has 19 heteroatoms. The molecule has 1 saturated carbocycles. The van der Waals surface area contributed by atoms with Gasteiger partial charge in [0.2, 0.25) is 5.91 Å². The molecule has 0 bridgehead atoms. The Bertz CT molecular complexity index is 2700. The zero-order valence-electron chi connectivity index (χ0n) is 34.7. The zero-order valence-corrected chi connectivity index (χ0v) is 34.7. The standard InChI is InChI=1S/C41H39F4N11O4.C3H6/c1-22-27(42)13-24(14-31(22)55-10-7-34(57)50-39(55)60)38(59)53-11-8-40(41(44,45)21-53)19-52(20-40)18-23-12-28(43)35(48-16-23)26-4-3-5-30-25(26)6-9-54(30)33-15-29(47-2)37-49-17-32(36(46)58)56(37)51-33;1-2-3-1/h3-5,12-17,47H,6-11,18-21H2,1-2H3,(H2,46,58)(H,50,57,60);1-3H2. The van der Waals surface area contributed by atoms with Crippen molar-refractivity contribution < 1.29 is 36.7 Å². The van der Waals surface area contributed by atoms with Crippen molar-refractivity contribution in [2.45, 2.75) is 57.9 Å². The maximum atomic E-state index is 15.9. The van der Waals surface area contributed by atoms with E-state index in [1.54, 1.807) is 30.3 Å². The first-order chi connectivity index (χ1) is 30.2. The Morgan fingerprint density at radius 3 is 2.35 bits per heavy atom. The van der Waals surface area contributed by atoms with Crippen LogP contribution in [0.1, 0.15) is 69.6 Å². The number of nitrogens with zero attached hydrogens (tertiary/aromatic N) is 8. The third kappa shape index (κ3) is 7.57. The van der Waals surface area contributed by atoms with Gasteiger partial charge in [-0.1, -0.05) is 31.4 Å². The maximum Gasteiger partial charge on any atom is 0.328 e. The highest BCUT2D eigenvalue weighted by Crippen LogP contribution is 2.51. The van der Waals surface area contributed by atoms with Gasteiger partial charge >= 0.3 is 6.03 Å². The number of carbonyl (C=O) groups excluding carboxylic acids is 4. The number of anilines is 4. The molecule has 0 radical (unpaired) electrons. The Balaban J connectivity index is 0.00000161. The minimum absolute atomic E-state index is 0.00393. The van der Waals surface area contributed by atoms with Crippen LogP contribution in [-0.4, -0.2) is 105 Å². The number of rotatable bonds is 8. The number of primary amides is 1. The molecule has 1 aliphatic carbocycles. The van der Waals surface area contributed by atoms with Crippen molar-refractivity contribution in [2.24, 2.45) is 11.1 Å². The van der Waals surface area contributed by atoms with Crippen molar-refractivity contribution in [2.75, 3.05) is 61.4 Å². The highest BCUT2D eigenvalue weighted by molar-refractivity contribution is 6.06. The van der Waals surface area contributed by atoms with Gasteiger partial charge in [0.1, 0.15) is 23.0 Å². The fourth-order valence-corrected chi connectivity index (χ4v) is 8.90. The predicted molar refractivity (Wildman–Crippen MR) is 225 cm³/mol. The summed E-state index contributed by atoms with van der Waals surface area (Å²) in [5, 5.41) is 9.90. The van der Waals surface area contributed by atoms with Crippen LogP contribution in [0.25, 0.3) is 16.9 Å². The summed E-state index contributed by atoms with van der Waals surface area (Å²) in [7, 11) is 1.73. The number of benzene rings is 2. The molecule has 3 saturated heterocycles. The van der Waals surface area contributed by atoms with Gasteiger partial charge in [-0.3, -0.25) is 34.5 Å². The average molecular weight is 868 g/mol. The molecule has 15 nitrogen and oxygen atoms in total. The van der Waals surface area contributed by atoms with Crippen molar-refractivity contribution in [3.05, 3.63) is 94.4 Å². The predicted octanol–water partition coefficient (Wildman–Crippen LogP) is 5.81. The number of alkyl halides is 2. The molecule has 4 fully saturated rings. The summed E-state index contributed by atoms with van der Waals surface area (Å²) in [6.07, 6.45) is 7.96. The number of piperidine rings is 1. The van der Waals surface area contributed by atoms with Gasteiger partial charge in [-0.25, -0.2) is 31.9 Å². The summed E-state index contributed by atoms with van der Waals surface area (Å²) in [6, 6.07) is 10.2. The number of nitrogens with two attached hydrogens (primary N) is 1. The van der Waals surface area contributed by atoms with Gasteiger partial charge in [0.05, 0.1) is 29.5 Å². The van der Waals surface area contributed by atoms with E-state index < -0.39 is 53.3 Å². The lowest BCUT2D eigenvalue weighted by Crippen LogP contribution is -2.70. The van der Waals surface area contributed by atoms with Gasteiger partial charge in [-0.15, -0.1) is 5.10 Å². The topological polar surface area (TPSA) is 174 Å². The molecule has 2 aromatic carbocycles. The molecule has 3 aromatic heterocycles. The molecule has 5 aromatic rings. The molecule has 4 aliphatic heterocycles. The number of pyridine rings is 1. The average Bonchev–Trinajstić information content (AvgIpc) is 3.96. The number of hydrogen-bond donors (Lipinski definition) is 3. The first-order valence-corrected chi connectivity index (χ1v) is 20.9. The summed E-state index contributed by atoms with van der Waals surface area (Å²) >= 11 is 0. The molecule has 328 valence electrons. The number of likely N-dealkylation sites (tertiary alicyclic amines) is 2. The van der Waals surface area contributed by atoms with E-state index in [1.807, 2.05) is 17.0 Å². The number of fused-ring (bicyclic) bond motifs is 2. The van der Waals surface area contributed by atoms with Crippen LogP contribution in [0.4, 0.5) is 45.2 Å².